The van der Waals surface area contributed by atoms with Crippen LogP contribution in [-0.2, 0) is 19.4 Å². The summed E-state index contributed by atoms with van der Waals surface area (Å²) in [5.41, 5.74) is 5.46. The van der Waals surface area contributed by atoms with Gasteiger partial charge in [0.15, 0.2) is 9.84 Å². The molecule has 158 valence electrons. The Labute approximate surface area is 171 Å². The molecule has 2 aliphatic heterocycles. The van der Waals surface area contributed by atoms with Crippen molar-refractivity contribution in [2.75, 3.05) is 24.6 Å². The maximum Gasteiger partial charge on any atom is 0.261 e. The third-order valence-electron chi connectivity index (χ3n) is 5.01. The third kappa shape index (κ3) is 4.93. The molecule has 10 nitrogen and oxygen atoms in total. The van der Waals surface area contributed by atoms with Crippen molar-refractivity contribution in [3.05, 3.63) is 21.9 Å². The number of hydrogen-bond donors (Lipinski definition) is 3. The molecule has 2 unspecified atom stereocenters. The molecule has 0 radical (unpaired) electrons. The first-order valence-corrected chi connectivity index (χ1v) is 11.7. The lowest BCUT2D eigenvalue weighted by atomic mass is 10.1. The first kappa shape index (κ1) is 21.2. The van der Waals surface area contributed by atoms with Crippen molar-refractivity contribution in [3.63, 3.8) is 0 Å². The summed E-state index contributed by atoms with van der Waals surface area (Å²) < 4.78 is 23.6. The SMILES string of the molecule is CC1CC(CNC(=O)c2cc(C(N)=O)cs2)CN1C(=O)[C@@H]1CS(=O)(=O)CC(=O)N1. The van der Waals surface area contributed by atoms with E-state index in [4.69, 9.17) is 5.73 Å². The van der Waals surface area contributed by atoms with E-state index in [2.05, 4.69) is 10.6 Å². The summed E-state index contributed by atoms with van der Waals surface area (Å²) in [5.74, 6) is -3.03. The Morgan fingerprint density at radius 3 is 2.72 bits per heavy atom. The van der Waals surface area contributed by atoms with Crippen molar-refractivity contribution in [3.8, 4) is 0 Å². The molecule has 1 aromatic rings. The third-order valence-corrected chi connectivity index (χ3v) is 7.48. The largest absolute Gasteiger partial charge is 0.366 e. The minimum atomic E-state index is -3.59. The molecule has 3 rings (SSSR count). The lowest BCUT2D eigenvalue weighted by molar-refractivity contribution is -0.136. The maximum atomic E-state index is 12.7. The molecule has 0 bridgehead atoms. The second-order valence-corrected chi connectivity index (χ2v) is 10.4. The zero-order valence-corrected chi connectivity index (χ0v) is 17.3. The molecule has 29 heavy (non-hydrogen) atoms. The highest BCUT2D eigenvalue weighted by Gasteiger charge is 2.40. The van der Waals surface area contributed by atoms with E-state index < -0.39 is 45.1 Å². The number of rotatable bonds is 5. The topological polar surface area (TPSA) is 156 Å². The molecular formula is C17H22N4O6S2. The van der Waals surface area contributed by atoms with E-state index in [0.29, 0.717) is 24.4 Å². The molecule has 0 spiro atoms. The van der Waals surface area contributed by atoms with Crippen LogP contribution < -0.4 is 16.4 Å². The quantitative estimate of drug-likeness (QED) is 0.516. The molecule has 2 aliphatic rings. The fourth-order valence-electron chi connectivity index (χ4n) is 3.63. The van der Waals surface area contributed by atoms with E-state index in [9.17, 15) is 27.6 Å². The number of amides is 4. The van der Waals surface area contributed by atoms with Crippen molar-refractivity contribution in [2.24, 2.45) is 11.7 Å². The summed E-state index contributed by atoms with van der Waals surface area (Å²) in [6.45, 7) is 2.52. The predicted octanol–water partition coefficient (Wildman–Crippen LogP) is -1.27. The number of primary amides is 1. The van der Waals surface area contributed by atoms with Crippen molar-refractivity contribution in [1.82, 2.24) is 15.5 Å². The second kappa shape index (κ2) is 8.11. The molecular weight excluding hydrogens is 420 g/mol. The fraction of sp³-hybridized carbons (Fsp3) is 0.529. The van der Waals surface area contributed by atoms with E-state index in [1.165, 1.54) is 11.4 Å². The van der Waals surface area contributed by atoms with Crippen LogP contribution in [0.4, 0.5) is 0 Å². The lowest BCUT2D eigenvalue weighted by Gasteiger charge is -2.29. The number of nitrogens with two attached hydrogens (primary N) is 1. The number of hydrogen-bond acceptors (Lipinski definition) is 7. The Bertz CT molecular complexity index is 957. The zero-order valence-electron chi connectivity index (χ0n) is 15.7. The number of sulfone groups is 1. The molecule has 3 heterocycles. The Morgan fingerprint density at radius 2 is 2.10 bits per heavy atom. The van der Waals surface area contributed by atoms with Gasteiger partial charge >= 0.3 is 0 Å². The average Bonchev–Trinajstić information content (AvgIpc) is 3.24. The number of nitrogens with one attached hydrogen (secondary N) is 2. The van der Waals surface area contributed by atoms with E-state index in [1.54, 1.807) is 4.90 Å². The molecule has 2 fully saturated rings. The second-order valence-electron chi connectivity index (χ2n) is 7.39. The number of carbonyl (C=O) groups excluding carboxylic acids is 4. The van der Waals surface area contributed by atoms with Gasteiger partial charge in [0.1, 0.15) is 11.8 Å². The zero-order chi connectivity index (χ0) is 21.3. The summed E-state index contributed by atoms with van der Waals surface area (Å²) in [6.07, 6.45) is 0.635. The number of nitrogens with zero attached hydrogens (tertiary/aromatic N) is 1. The smallest absolute Gasteiger partial charge is 0.261 e. The van der Waals surface area contributed by atoms with Gasteiger partial charge < -0.3 is 21.3 Å². The first-order chi connectivity index (χ1) is 13.6. The molecule has 2 saturated heterocycles. The van der Waals surface area contributed by atoms with Gasteiger partial charge in [-0.05, 0) is 25.3 Å². The molecule has 0 aromatic carbocycles. The van der Waals surface area contributed by atoms with E-state index >= 15 is 0 Å². The fourth-order valence-corrected chi connectivity index (χ4v) is 5.78. The normalized spacial score (nSPS) is 26.0. The molecule has 0 aliphatic carbocycles. The van der Waals surface area contributed by atoms with Crippen LogP contribution in [0.25, 0.3) is 0 Å². The van der Waals surface area contributed by atoms with Crippen molar-refractivity contribution < 1.29 is 27.6 Å². The van der Waals surface area contributed by atoms with Crippen LogP contribution in [0.5, 0.6) is 0 Å². The van der Waals surface area contributed by atoms with Crippen LogP contribution in [0.15, 0.2) is 11.4 Å². The highest BCUT2D eigenvalue weighted by molar-refractivity contribution is 7.92. The minimum absolute atomic E-state index is 0.00984. The molecule has 1 aromatic heterocycles. The van der Waals surface area contributed by atoms with E-state index in [-0.39, 0.29) is 23.4 Å². The summed E-state index contributed by atoms with van der Waals surface area (Å²) >= 11 is 1.12. The van der Waals surface area contributed by atoms with Crippen LogP contribution in [0, 0.1) is 5.92 Å². The lowest BCUT2D eigenvalue weighted by Crippen LogP contribution is -2.57. The van der Waals surface area contributed by atoms with Gasteiger partial charge in [0.25, 0.3) is 5.91 Å². The summed E-state index contributed by atoms with van der Waals surface area (Å²) in [7, 11) is -3.59. The van der Waals surface area contributed by atoms with Crippen molar-refractivity contribution >= 4 is 44.8 Å². The Kier molecular flexibility index (Phi) is 5.94. The highest BCUT2D eigenvalue weighted by Crippen LogP contribution is 2.24. The Hall–Kier alpha value is -2.47. The van der Waals surface area contributed by atoms with E-state index in [1.807, 2.05) is 6.92 Å². The van der Waals surface area contributed by atoms with Crippen molar-refractivity contribution in [1.29, 1.82) is 0 Å². The van der Waals surface area contributed by atoms with Gasteiger partial charge in [0.2, 0.25) is 17.7 Å². The first-order valence-electron chi connectivity index (χ1n) is 9.02. The highest BCUT2D eigenvalue weighted by atomic mass is 32.2. The van der Waals surface area contributed by atoms with Gasteiger partial charge in [-0.3, -0.25) is 19.2 Å². The molecule has 0 saturated carbocycles. The van der Waals surface area contributed by atoms with Gasteiger partial charge in [0, 0.05) is 24.5 Å². The standard InChI is InChI=1S/C17H22N4O6S2/c1-9-2-10(4-19-16(24)13-3-11(6-28-13)15(18)23)5-21(9)17(25)12-7-29(26,27)8-14(22)20-12/h3,6,9-10,12H,2,4-5,7-8H2,1H3,(H2,18,23)(H,19,24)(H,20,22)/t9?,10?,12-/m0/s1. The Morgan fingerprint density at radius 1 is 1.38 bits per heavy atom. The van der Waals surface area contributed by atoms with Crippen LogP contribution in [-0.4, -0.2) is 73.6 Å². The van der Waals surface area contributed by atoms with Gasteiger partial charge in [-0.2, -0.15) is 0 Å². The van der Waals surface area contributed by atoms with Gasteiger partial charge in [-0.1, -0.05) is 0 Å². The maximum absolute atomic E-state index is 12.7. The Balaban J connectivity index is 1.56. The van der Waals surface area contributed by atoms with Crippen LogP contribution in [0.3, 0.4) is 0 Å². The van der Waals surface area contributed by atoms with Gasteiger partial charge in [0.05, 0.1) is 16.2 Å². The average molecular weight is 443 g/mol. The molecule has 4 N–H and O–H groups in total. The minimum Gasteiger partial charge on any atom is -0.366 e. The molecule has 12 heteroatoms. The van der Waals surface area contributed by atoms with Crippen LogP contribution >= 0.6 is 11.3 Å². The number of carbonyl (C=O) groups is 4. The summed E-state index contributed by atoms with van der Waals surface area (Å²) in [6, 6.07) is 0.214. The number of likely N-dealkylation sites (tertiary alicyclic amines) is 1. The monoisotopic (exact) mass is 442 g/mol. The van der Waals surface area contributed by atoms with Gasteiger partial charge in [-0.15, -0.1) is 11.3 Å². The number of thiophene rings is 1. The van der Waals surface area contributed by atoms with Crippen LogP contribution in [0.1, 0.15) is 33.4 Å². The molecule has 4 amide bonds. The summed E-state index contributed by atoms with van der Waals surface area (Å²) in [4.78, 5) is 49.6. The van der Waals surface area contributed by atoms with E-state index in [0.717, 1.165) is 11.3 Å². The predicted molar refractivity (Wildman–Crippen MR) is 105 cm³/mol. The molecule has 3 atom stereocenters. The van der Waals surface area contributed by atoms with Gasteiger partial charge in [-0.25, -0.2) is 8.42 Å². The van der Waals surface area contributed by atoms with Crippen LogP contribution in [0.2, 0.25) is 0 Å². The van der Waals surface area contributed by atoms with Crippen molar-refractivity contribution in [2.45, 2.75) is 25.4 Å². The summed E-state index contributed by atoms with van der Waals surface area (Å²) in [5, 5.41) is 6.76.